The molecule has 1 aromatic carbocycles. The molecule has 0 unspecified atom stereocenters. The first-order chi connectivity index (χ1) is 9.72. The van der Waals surface area contributed by atoms with Gasteiger partial charge >= 0.3 is 0 Å². The normalized spacial score (nSPS) is 14.7. The predicted octanol–water partition coefficient (Wildman–Crippen LogP) is 4.44. The molecule has 20 heavy (non-hydrogen) atoms. The van der Waals surface area contributed by atoms with E-state index in [9.17, 15) is 0 Å². The Morgan fingerprint density at radius 1 is 1.40 bits per heavy atom. The molecule has 5 heteroatoms. The largest absolute Gasteiger partial charge is 0.441 e. The van der Waals surface area contributed by atoms with E-state index in [2.05, 4.69) is 26.2 Å². The number of halogens is 2. The van der Waals surface area contributed by atoms with Crippen LogP contribution in [0.15, 0.2) is 33.3 Å². The van der Waals surface area contributed by atoms with Crippen LogP contribution in [0.4, 0.5) is 0 Å². The molecule has 0 radical (unpaired) electrons. The summed E-state index contributed by atoms with van der Waals surface area (Å²) in [6.07, 6.45) is 6.32. The van der Waals surface area contributed by atoms with Crippen LogP contribution in [0.2, 0.25) is 5.02 Å². The number of aryl methyl sites for hydroxylation is 1. The first kappa shape index (κ1) is 14.1. The third-order valence-electron chi connectivity index (χ3n) is 3.33. The third-order valence-corrected chi connectivity index (χ3v) is 4.25. The molecule has 1 heterocycles. The molecule has 1 N–H and O–H groups in total. The Bertz CT molecular complexity index is 595. The lowest BCUT2D eigenvalue weighted by Crippen LogP contribution is -2.17. The van der Waals surface area contributed by atoms with Gasteiger partial charge in [-0.3, -0.25) is 0 Å². The zero-order valence-corrected chi connectivity index (χ0v) is 13.4. The molecule has 0 saturated heterocycles. The van der Waals surface area contributed by atoms with Crippen molar-refractivity contribution < 1.29 is 4.42 Å². The van der Waals surface area contributed by atoms with Gasteiger partial charge in [-0.25, -0.2) is 4.98 Å². The van der Waals surface area contributed by atoms with Crippen LogP contribution in [0, 0.1) is 0 Å². The van der Waals surface area contributed by atoms with Gasteiger partial charge in [-0.2, -0.15) is 0 Å². The highest BCUT2D eigenvalue weighted by Gasteiger charge is 2.19. The van der Waals surface area contributed by atoms with Crippen LogP contribution >= 0.6 is 27.5 Å². The van der Waals surface area contributed by atoms with Gasteiger partial charge in [-0.1, -0.05) is 27.5 Å². The lowest BCUT2D eigenvalue weighted by molar-refractivity contribution is 0.491. The Hall–Kier alpha value is -0.840. The van der Waals surface area contributed by atoms with E-state index >= 15 is 0 Å². The molecular weight excluding hydrogens is 340 g/mol. The molecule has 0 bridgehead atoms. The van der Waals surface area contributed by atoms with Gasteiger partial charge in [-0.05, 0) is 44.0 Å². The highest BCUT2D eigenvalue weighted by molar-refractivity contribution is 9.10. The van der Waals surface area contributed by atoms with Crippen LogP contribution in [0.1, 0.15) is 25.2 Å². The number of benzene rings is 1. The minimum absolute atomic E-state index is 0.690. The summed E-state index contributed by atoms with van der Waals surface area (Å²) in [7, 11) is 0. The van der Waals surface area contributed by atoms with Gasteiger partial charge in [0.25, 0.3) is 0 Å². The van der Waals surface area contributed by atoms with E-state index in [1.54, 1.807) is 6.20 Å². The summed E-state index contributed by atoms with van der Waals surface area (Å²) in [4.78, 5) is 4.34. The summed E-state index contributed by atoms with van der Waals surface area (Å²) in [5.41, 5.74) is 0.937. The maximum absolute atomic E-state index is 6.02. The number of hydrogen-bond donors (Lipinski definition) is 1. The van der Waals surface area contributed by atoms with Crippen LogP contribution in [0.3, 0.4) is 0 Å². The van der Waals surface area contributed by atoms with Gasteiger partial charge in [0.15, 0.2) is 11.7 Å². The van der Waals surface area contributed by atoms with E-state index in [0.717, 1.165) is 47.1 Å². The molecule has 3 nitrogen and oxygen atoms in total. The van der Waals surface area contributed by atoms with E-state index in [4.69, 9.17) is 16.0 Å². The number of nitrogens with one attached hydrogen (secondary N) is 1. The second kappa shape index (κ2) is 6.29. The zero-order valence-electron chi connectivity index (χ0n) is 11.0. The standard InChI is InChI=1S/C15H16BrClN2O/c16-13-6-3-10(17)8-12(13)14-9-19-15(20-14)2-1-7-18-11-4-5-11/h3,6,8-9,11,18H,1-2,4-5,7H2. The Labute approximate surface area is 131 Å². The maximum Gasteiger partial charge on any atom is 0.194 e. The van der Waals surface area contributed by atoms with Crippen molar-refractivity contribution in [2.45, 2.75) is 31.7 Å². The average Bonchev–Trinajstić information content (AvgIpc) is 3.15. The molecule has 0 spiro atoms. The monoisotopic (exact) mass is 354 g/mol. The molecule has 1 saturated carbocycles. The summed E-state index contributed by atoms with van der Waals surface area (Å²) < 4.78 is 6.76. The molecule has 0 atom stereocenters. The Kier molecular flexibility index (Phi) is 4.44. The lowest BCUT2D eigenvalue weighted by atomic mass is 10.2. The first-order valence-electron chi connectivity index (χ1n) is 6.86. The van der Waals surface area contributed by atoms with Gasteiger partial charge < -0.3 is 9.73 Å². The van der Waals surface area contributed by atoms with Crippen LogP contribution in [0.25, 0.3) is 11.3 Å². The van der Waals surface area contributed by atoms with E-state index in [-0.39, 0.29) is 0 Å². The quantitative estimate of drug-likeness (QED) is 0.778. The van der Waals surface area contributed by atoms with E-state index in [1.165, 1.54) is 12.8 Å². The third kappa shape index (κ3) is 3.62. The van der Waals surface area contributed by atoms with Crippen molar-refractivity contribution in [3.05, 3.63) is 39.8 Å². The van der Waals surface area contributed by atoms with Crippen LogP contribution in [0.5, 0.6) is 0 Å². The summed E-state index contributed by atoms with van der Waals surface area (Å²) >= 11 is 9.53. The maximum atomic E-state index is 6.02. The fourth-order valence-electron chi connectivity index (χ4n) is 2.07. The molecule has 1 aromatic heterocycles. The number of nitrogens with zero attached hydrogens (tertiary/aromatic N) is 1. The van der Waals surface area contributed by atoms with Crippen molar-refractivity contribution in [3.63, 3.8) is 0 Å². The molecule has 106 valence electrons. The molecule has 1 aliphatic rings. The topological polar surface area (TPSA) is 38.1 Å². The van der Waals surface area contributed by atoms with Gasteiger partial charge in [0, 0.05) is 27.5 Å². The molecule has 2 aromatic rings. The summed E-state index contributed by atoms with van der Waals surface area (Å²) in [5, 5.41) is 4.18. The SMILES string of the molecule is Clc1ccc(Br)c(-c2cnc(CCCNC3CC3)o2)c1. The van der Waals surface area contributed by atoms with Crippen molar-refractivity contribution in [1.82, 2.24) is 10.3 Å². The van der Waals surface area contributed by atoms with Crippen LogP contribution < -0.4 is 5.32 Å². The zero-order chi connectivity index (χ0) is 13.9. The minimum Gasteiger partial charge on any atom is -0.441 e. The van der Waals surface area contributed by atoms with Crippen molar-refractivity contribution in [2.24, 2.45) is 0 Å². The molecule has 1 aliphatic carbocycles. The summed E-state index contributed by atoms with van der Waals surface area (Å²) in [5.74, 6) is 1.54. The van der Waals surface area contributed by atoms with Crippen molar-refractivity contribution in [2.75, 3.05) is 6.54 Å². The van der Waals surface area contributed by atoms with Gasteiger partial charge in [0.2, 0.25) is 0 Å². The Balaban J connectivity index is 1.61. The van der Waals surface area contributed by atoms with Crippen LogP contribution in [-0.4, -0.2) is 17.6 Å². The van der Waals surface area contributed by atoms with Crippen molar-refractivity contribution in [1.29, 1.82) is 0 Å². The van der Waals surface area contributed by atoms with E-state index in [0.29, 0.717) is 5.02 Å². The molecule has 0 amide bonds. The molecule has 1 fully saturated rings. The number of oxazole rings is 1. The van der Waals surface area contributed by atoms with Crippen LogP contribution in [-0.2, 0) is 6.42 Å². The fourth-order valence-corrected chi connectivity index (χ4v) is 2.68. The Morgan fingerprint density at radius 2 is 2.25 bits per heavy atom. The Morgan fingerprint density at radius 3 is 3.05 bits per heavy atom. The van der Waals surface area contributed by atoms with Crippen molar-refractivity contribution in [3.8, 4) is 11.3 Å². The van der Waals surface area contributed by atoms with Gasteiger partial charge in [0.05, 0.1) is 6.20 Å². The second-order valence-electron chi connectivity index (χ2n) is 5.07. The molecule has 0 aliphatic heterocycles. The first-order valence-corrected chi connectivity index (χ1v) is 8.03. The van der Waals surface area contributed by atoms with Gasteiger partial charge in [-0.15, -0.1) is 0 Å². The number of hydrogen-bond acceptors (Lipinski definition) is 3. The lowest BCUT2D eigenvalue weighted by Gasteiger charge is -2.01. The number of rotatable bonds is 6. The summed E-state index contributed by atoms with van der Waals surface area (Å²) in [6.45, 7) is 1.03. The average molecular weight is 356 g/mol. The highest BCUT2D eigenvalue weighted by Crippen LogP contribution is 2.31. The molecule has 3 rings (SSSR count). The minimum atomic E-state index is 0.690. The fraction of sp³-hybridized carbons (Fsp3) is 0.400. The predicted molar refractivity (Wildman–Crippen MR) is 84.0 cm³/mol. The summed E-state index contributed by atoms with van der Waals surface area (Å²) in [6, 6.07) is 6.40. The number of aromatic nitrogens is 1. The van der Waals surface area contributed by atoms with E-state index < -0.39 is 0 Å². The molecular formula is C15H16BrClN2O. The van der Waals surface area contributed by atoms with Gasteiger partial charge in [0.1, 0.15) is 0 Å². The van der Waals surface area contributed by atoms with Crippen molar-refractivity contribution >= 4 is 27.5 Å². The highest BCUT2D eigenvalue weighted by atomic mass is 79.9. The second-order valence-corrected chi connectivity index (χ2v) is 6.37. The van der Waals surface area contributed by atoms with E-state index in [1.807, 2.05) is 18.2 Å². The smallest absolute Gasteiger partial charge is 0.194 e.